The number of anilines is 1. The highest BCUT2D eigenvalue weighted by Crippen LogP contribution is 2.29. The molecule has 1 aliphatic rings. The molecule has 2 aromatic rings. The van der Waals surface area contributed by atoms with Crippen LogP contribution >= 0.6 is 0 Å². The molecule has 1 unspecified atom stereocenters. The maximum Gasteiger partial charge on any atom is 0.325 e. The predicted octanol–water partition coefficient (Wildman–Crippen LogP) is 2.36. The first-order valence-electron chi connectivity index (χ1n) is 9.05. The van der Waals surface area contributed by atoms with Crippen LogP contribution in [0.2, 0.25) is 0 Å². The molecule has 2 N–H and O–H groups in total. The fourth-order valence-electron chi connectivity index (χ4n) is 3.10. The minimum Gasteiger partial charge on any atom is -0.492 e. The molecule has 0 radical (unpaired) electrons. The molecule has 0 spiro atoms. The number of carbonyl (C=O) groups is 3. The number of urea groups is 1. The van der Waals surface area contributed by atoms with E-state index in [1.54, 1.807) is 55.5 Å². The molecule has 1 fully saturated rings. The van der Waals surface area contributed by atoms with Gasteiger partial charge < -0.3 is 15.4 Å². The zero-order valence-corrected chi connectivity index (χ0v) is 16.1. The molecule has 4 amide bonds. The third kappa shape index (κ3) is 3.89. The van der Waals surface area contributed by atoms with Crippen molar-refractivity contribution in [3.8, 4) is 11.8 Å². The van der Waals surface area contributed by atoms with Gasteiger partial charge in [-0.15, -0.1) is 0 Å². The third-order valence-corrected chi connectivity index (χ3v) is 4.63. The van der Waals surface area contributed by atoms with E-state index in [0.29, 0.717) is 29.2 Å². The molecular weight excluding hydrogens is 372 g/mol. The minimum atomic E-state index is -1.31. The lowest BCUT2D eigenvalue weighted by molar-refractivity contribution is -0.133. The molecular formula is C21H20N4O4. The average Bonchev–Trinajstić information content (AvgIpc) is 2.93. The Morgan fingerprint density at radius 1 is 1.21 bits per heavy atom. The normalized spacial score (nSPS) is 18.2. The van der Waals surface area contributed by atoms with Crippen LogP contribution < -0.4 is 15.4 Å². The number of amides is 4. The predicted molar refractivity (Wildman–Crippen MR) is 105 cm³/mol. The van der Waals surface area contributed by atoms with Gasteiger partial charge in [0.15, 0.2) is 0 Å². The zero-order valence-electron chi connectivity index (χ0n) is 16.1. The molecule has 1 heterocycles. The summed E-state index contributed by atoms with van der Waals surface area (Å²) in [6, 6.07) is 14.6. The van der Waals surface area contributed by atoms with E-state index in [2.05, 4.69) is 10.6 Å². The fourth-order valence-corrected chi connectivity index (χ4v) is 3.10. The second-order valence-corrected chi connectivity index (χ2v) is 6.61. The minimum absolute atomic E-state index is 0.433. The zero-order chi connectivity index (χ0) is 21.0. The van der Waals surface area contributed by atoms with Gasteiger partial charge in [0.2, 0.25) is 5.91 Å². The number of nitrogens with one attached hydrogen (secondary N) is 2. The van der Waals surface area contributed by atoms with E-state index in [0.717, 1.165) is 4.90 Å². The number of ether oxygens (including phenoxy) is 1. The molecule has 1 atom stereocenters. The Morgan fingerprint density at radius 3 is 2.55 bits per heavy atom. The maximum absolute atomic E-state index is 12.9. The van der Waals surface area contributed by atoms with Crippen LogP contribution in [-0.2, 0) is 15.1 Å². The van der Waals surface area contributed by atoms with Crippen molar-refractivity contribution in [2.24, 2.45) is 0 Å². The number of nitrogens with zero attached hydrogens (tertiary/aromatic N) is 2. The van der Waals surface area contributed by atoms with E-state index in [-0.39, 0.29) is 0 Å². The summed E-state index contributed by atoms with van der Waals surface area (Å²) in [6.45, 7) is 3.40. The Morgan fingerprint density at radius 2 is 1.90 bits per heavy atom. The van der Waals surface area contributed by atoms with Crippen LogP contribution in [0.1, 0.15) is 25.0 Å². The van der Waals surface area contributed by atoms with Crippen LogP contribution in [0.25, 0.3) is 0 Å². The van der Waals surface area contributed by atoms with E-state index in [9.17, 15) is 14.4 Å². The van der Waals surface area contributed by atoms with Crippen LogP contribution in [0.15, 0.2) is 48.5 Å². The largest absolute Gasteiger partial charge is 0.492 e. The lowest BCUT2D eigenvalue weighted by atomic mass is 9.91. The van der Waals surface area contributed by atoms with Crippen molar-refractivity contribution in [2.75, 3.05) is 18.5 Å². The Hall–Kier alpha value is -3.86. The second-order valence-electron chi connectivity index (χ2n) is 6.61. The number of benzene rings is 2. The molecule has 2 aromatic carbocycles. The van der Waals surface area contributed by atoms with Crippen molar-refractivity contribution in [2.45, 2.75) is 19.4 Å². The lowest BCUT2D eigenvalue weighted by Crippen LogP contribution is -2.42. The van der Waals surface area contributed by atoms with E-state index in [1.807, 2.05) is 13.0 Å². The van der Waals surface area contributed by atoms with Crippen LogP contribution in [0.5, 0.6) is 5.75 Å². The number of hydrogen-bond donors (Lipinski definition) is 2. The number of carbonyl (C=O) groups excluding carboxylic acids is 3. The van der Waals surface area contributed by atoms with Gasteiger partial charge in [0.05, 0.1) is 23.9 Å². The van der Waals surface area contributed by atoms with Gasteiger partial charge in [-0.05, 0) is 43.7 Å². The van der Waals surface area contributed by atoms with Gasteiger partial charge in [0, 0.05) is 0 Å². The molecule has 0 bridgehead atoms. The van der Waals surface area contributed by atoms with Crippen molar-refractivity contribution < 1.29 is 19.1 Å². The van der Waals surface area contributed by atoms with Gasteiger partial charge in [0.1, 0.15) is 17.8 Å². The Kier molecular flexibility index (Phi) is 5.50. The van der Waals surface area contributed by atoms with E-state index in [4.69, 9.17) is 10.00 Å². The van der Waals surface area contributed by atoms with Gasteiger partial charge in [-0.25, -0.2) is 4.79 Å². The Bertz CT molecular complexity index is 996. The molecule has 0 saturated carbocycles. The SMILES string of the molecule is CCOc1ccccc1NC(=O)CN1C(=O)NC(C)(c2ccc(C#N)cc2)C1=O. The number of rotatable bonds is 6. The molecule has 1 aliphatic heterocycles. The van der Waals surface area contributed by atoms with Gasteiger partial charge in [0.25, 0.3) is 5.91 Å². The summed E-state index contributed by atoms with van der Waals surface area (Å²) in [5, 5.41) is 14.2. The number of nitriles is 1. The smallest absolute Gasteiger partial charge is 0.325 e. The van der Waals surface area contributed by atoms with Crippen molar-refractivity contribution >= 4 is 23.5 Å². The van der Waals surface area contributed by atoms with E-state index < -0.39 is 29.9 Å². The molecule has 29 heavy (non-hydrogen) atoms. The first kappa shape index (κ1) is 19.9. The maximum atomic E-state index is 12.9. The Labute approximate surface area is 168 Å². The summed E-state index contributed by atoms with van der Waals surface area (Å²) in [5.41, 5.74) is 0.119. The van der Waals surface area contributed by atoms with Crippen molar-refractivity contribution in [1.82, 2.24) is 10.2 Å². The van der Waals surface area contributed by atoms with Crippen LogP contribution in [0, 0.1) is 11.3 Å². The summed E-state index contributed by atoms with van der Waals surface area (Å²) in [6.07, 6.45) is 0. The van der Waals surface area contributed by atoms with Gasteiger partial charge in [-0.3, -0.25) is 14.5 Å². The van der Waals surface area contributed by atoms with Crippen LogP contribution in [-0.4, -0.2) is 35.9 Å². The van der Waals surface area contributed by atoms with E-state index in [1.165, 1.54) is 0 Å². The number of imide groups is 1. The molecule has 1 saturated heterocycles. The molecule has 8 nitrogen and oxygen atoms in total. The summed E-state index contributed by atoms with van der Waals surface area (Å²) >= 11 is 0. The highest BCUT2D eigenvalue weighted by atomic mass is 16.5. The number of para-hydroxylation sites is 2. The standard InChI is InChI=1S/C21H20N4O4/c1-3-29-17-7-5-4-6-16(17)23-18(26)13-25-19(27)21(2,24-20(25)28)15-10-8-14(12-22)9-11-15/h4-11H,3,13H2,1-2H3,(H,23,26)(H,24,28). The highest BCUT2D eigenvalue weighted by molar-refractivity contribution is 6.10. The Balaban J connectivity index is 1.75. The third-order valence-electron chi connectivity index (χ3n) is 4.63. The van der Waals surface area contributed by atoms with Gasteiger partial charge in [-0.1, -0.05) is 24.3 Å². The topological polar surface area (TPSA) is 112 Å². The number of hydrogen-bond acceptors (Lipinski definition) is 5. The second kappa shape index (κ2) is 8.02. The molecule has 8 heteroatoms. The van der Waals surface area contributed by atoms with Crippen molar-refractivity contribution in [1.29, 1.82) is 5.26 Å². The summed E-state index contributed by atoms with van der Waals surface area (Å²) in [5.74, 6) is -0.562. The van der Waals surface area contributed by atoms with Crippen LogP contribution in [0.4, 0.5) is 10.5 Å². The monoisotopic (exact) mass is 392 g/mol. The molecule has 148 valence electrons. The summed E-state index contributed by atoms with van der Waals surface area (Å²) in [7, 11) is 0. The highest BCUT2D eigenvalue weighted by Gasteiger charge is 2.49. The fraction of sp³-hybridized carbons (Fsp3) is 0.238. The quantitative estimate of drug-likeness (QED) is 0.733. The van der Waals surface area contributed by atoms with Gasteiger partial charge in [-0.2, -0.15) is 5.26 Å². The van der Waals surface area contributed by atoms with Crippen LogP contribution in [0.3, 0.4) is 0 Å². The lowest BCUT2D eigenvalue weighted by Gasteiger charge is -2.22. The van der Waals surface area contributed by atoms with Crippen molar-refractivity contribution in [3.63, 3.8) is 0 Å². The first-order valence-corrected chi connectivity index (χ1v) is 9.05. The molecule has 3 rings (SSSR count). The average molecular weight is 392 g/mol. The summed E-state index contributed by atoms with van der Waals surface area (Å²) in [4.78, 5) is 38.7. The molecule has 0 aliphatic carbocycles. The van der Waals surface area contributed by atoms with E-state index >= 15 is 0 Å². The molecule has 0 aromatic heterocycles. The summed E-state index contributed by atoms with van der Waals surface area (Å²) < 4.78 is 5.46. The first-order chi connectivity index (χ1) is 13.9. The van der Waals surface area contributed by atoms with Crippen molar-refractivity contribution in [3.05, 3.63) is 59.7 Å². The van der Waals surface area contributed by atoms with Gasteiger partial charge >= 0.3 is 6.03 Å².